The maximum Gasteiger partial charge on any atom is 0.453 e. The summed E-state index contributed by atoms with van der Waals surface area (Å²) in [5, 5.41) is 3.39. The van der Waals surface area contributed by atoms with Gasteiger partial charge in [0, 0.05) is 6.20 Å². The third-order valence-corrected chi connectivity index (χ3v) is 3.83. The normalized spacial score (nSPS) is 12.3. The fraction of sp³-hybridized carbons (Fsp3) is 0.0769. The van der Waals surface area contributed by atoms with Crippen molar-refractivity contribution in [3.8, 4) is 17.3 Å². The van der Waals surface area contributed by atoms with Crippen molar-refractivity contribution in [2.24, 2.45) is 0 Å². The minimum atomic E-state index is -4.79. The SMILES string of the molecule is O=S(=O)(O)c1ccc(-n2nc(C(F)(F)F)nc2-c2ccccn2)nc1. The fourth-order valence-corrected chi connectivity index (χ4v) is 2.33. The van der Waals surface area contributed by atoms with Crippen molar-refractivity contribution in [1.82, 2.24) is 24.7 Å². The first-order chi connectivity index (χ1) is 11.7. The molecule has 0 amide bonds. The van der Waals surface area contributed by atoms with Crippen molar-refractivity contribution in [3.05, 3.63) is 48.5 Å². The second-order valence-electron chi connectivity index (χ2n) is 4.71. The van der Waals surface area contributed by atoms with E-state index in [4.69, 9.17) is 4.55 Å². The van der Waals surface area contributed by atoms with Crippen LogP contribution in [0.15, 0.2) is 47.6 Å². The standard InChI is InChI=1S/C13H8F3N5O3S/c14-13(15,16)12-19-11(9-3-1-2-6-17-9)21(20-12)10-5-4-8(7-18-10)25(22,23)24/h1-7H,(H,22,23,24). The molecule has 0 fully saturated rings. The van der Waals surface area contributed by atoms with Crippen LogP contribution in [-0.2, 0) is 16.3 Å². The average Bonchev–Trinajstić information content (AvgIpc) is 3.00. The molecule has 0 aliphatic heterocycles. The van der Waals surface area contributed by atoms with Crippen LogP contribution in [-0.4, -0.2) is 37.7 Å². The topological polar surface area (TPSA) is 111 Å². The average molecular weight is 371 g/mol. The molecule has 3 rings (SSSR count). The van der Waals surface area contributed by atoms with Crippen LogP contribution in [0.5, 0.6) is 0 Å². The molecule has 0 saturated carbocycles. The fourth-order valence-electron chi connectivity index (χ4n) is 1.90. The maximum atomic E-state index is 12.9. The van der Waals surface area contributed by atoms with Crippen LogP contribution in [0.1, 0.15) is 5.82 Å². The van der Waals surface area contributed by atoms with Gasteiger partial charge in [0.2, 0.25) is 0 Å². The second-order valence-corrected chi connectivity index (χ2v) is 6.13. The molecule has 0 aliphatic carbocycles. The van der Waals surface area contributed by atoms with Crippen LogP contribution >= 0.6 is 0 Å². The van der Waals surface area contributed by atoms with Crippen LogP contribution in [0.25, 0.3) is 17.3 Å². The first-order valence-electron chi connectivity index (χ1n) is 6.56. The van der Waals surface area contributed by atoms with Crippen molar-refractivity contribution in [1.29, 1.82) is 0 Å². The van der Waals surface area contributed by atoms with Crippen molar-refractivity contribution >= 4 is 10.1 Å². The van der Waals surface area contributed by atoms with Gasteiger partial charge in [-0.2, -0.15) is 26.3 Å². The highest BCUT2D eigenvalue weighted by Gasteiger charge is 2.37. The van der Waals surface area contributed by atoms with E-state index in [1.165, 1.54) is 12.3 Å². The number of aromatic nitrogens is 5. The molecule has 0 aromatic carbocycles. The Morgan fingerprint density at radius 1 is 1.08 bits per heavy atom. The lowest BCUT2D eigenvalue weighted by Gasteiger charge is -2.05. The number of halogens is 3. The molecule has 25 heavy (non-hydrogen) atoms. The molecular weight excluding hydrogens is 363 g/mol. The number of nitrogens with zero attached hydrogens (tertiary/aromatic N) is 5. The molecule has 0 unspecified atom stereocenters. The molecule has 3 aromatic rings. The minimum absolute atomic E-state index is 0.117. The summed E-state index contributed by atoms with van der Waals surface area (Å²) in [7, 11) is -4.48. The lowest BCUT2D eigenvalue weighted by Crippen LogP contribution is -2.09. The van der Waals surface area contributed by atoms with Gasteiger partial charge in [0.1, 0.15) is 10.6 Å². The highest BCUT2D eigenvalue weighted by atomic mass is 32.2. The minimum Gasteiger partial charge on any atom is -0.282 e. The quantitative estimate of drug-likeness (QED) is 0.701. The van der Waals surface area contributed by atoms with E-state index in [1.807, 2.05) is 0 Å². The van der Waals surface area contributed by atoms with Gasteiger partial charge in [-0.3, -0.25) is 9.54 Å². The Bertz CT molecular complexity index is 1000. The molecule has 3 aromatic heterocycles. The van der Waals surface area contributed by atoms with E-state index in [1.54, 1.807) is 12.1 Å². The summed E-state index contributed by atoms with van der Waals surface area (Å²) < 4.78 is 70.6. The zero-order valence-corrected chi connectivity index (χ0v) is 12.9. The van der Waals surface area contributed by atoms with Crippen LogP contribution < -0.4 is 0 Å². The molecular formula is C13H8F3N5O3S. The molecule has 1 N–H and O–H groups in total. The Morgan fingerprint density at radius 3 is 2.36 bits per heavy atom. The van der Waals surface area contributed by atoms with Crippen LogP contribution in [0.2, 0.25) is 0 Å². The summed E-state index contributed by atoms with van der Waals surface area (Å²) in [6.07, 6.45) is -2.62. The lowest BCUT2D eigenvalue weighted by atomic mass is 10.3. The highest BCUT2D eigenvalue weighted by molar-refractivity contribution is 7.85. The summed E-state index contributed by atoms with van der Waals surface area (Å²) in [5.41, 5.74) is 0.117. The molecule has 0 bridgehead atoms. The Morgan fingerprint density at radius 2 is 1.84 bits per heavy atom. The summed E-state index contributed by atoms with van der Waals surface area (Å²) in [6.45, 7) is 0. The number of pyridine rings is 2. The monoisotopic (exact) mass is 371 g/mol. The van der Waals surface area contributed by atoms with Crippen LogP contribution in [0.3, 0.4) is 0 Å². The predicted molar refractivity (Wildman–Crippen MR) is 77.2 cm³/mol. The molecule has 0 spiro atoms. The van der Waals surface area contributed by atoms with E-state index in [2.05, 4.69) is 20.1 Å². The summed E-state index contributed by atoms with van der Waals surface area (Å²) >= 11 is 0. The van der Waals surface area contributed by atoms with Gasteiger partial charge in [-0.15, -0.1) is 5.10 Å². The predicted octanol–water partition coefficient (Wildman–Crippen LogP) is 1.99. The first kappa shape index (κ1) is 17.0. The van der Waals surface area contributed by atoms with Crippen molar-refractivity contribution in [3.63, 3.8) is 0 Å². The Kier molecular flexibility index (Phi) is 4.00. The van der Waals surface area contributed by atoms with Gasteiger partial charge in [-0.1, -0.05) is 6.07 Å². The zero-order valence-electron chi connectivity index (χ0n) is 12.1. The van der Waals surface area contributed by atoms with Crippen LogP contribution in [0, 0.1) is 0 Å². The number of alkyl halides is 3. The smallest absolute Gasteiger partial charge is 0.282 e. The van der Waals surface area contributed by atoms with Gasteiger partial charge >= 0.3 is 6.18 Å². The van der Waals surface area contributed by atoms with Crippen molar-refractivity contribution < 1.29 is 26.1 Å². The zero-order chi connectivity index (χ0) is 18.2. The van der Waals surface area contributed by atoms with Gasteiger partial charge in [-0.25, -0.2) is 9.97 Å². The van der Waals surface area contributed by atoms with E-state index < -0.39 is 27.0 Å². The van der Waals surface area contributed by atoms with Gasteiger partial charge in [0.15, 0.2) is 11.6 Å². The van der Waals surface area contributed by atoms with E-state index in [0.29, 0.717) is 0 Å². The summed E-state index contributed by atoms with van der Waals surface area (Å²) in [6, 6.07) is 6.64. The maximum absolute atomic E-state index is 12.9. The molecule has 12 heteroatoms. The Balaban J connectivity index is 2.16. The molecule has 8 nitrogen and oxygen atoms in total. The van der Waals surface area contributed by atoms with Gasteiger partial charge < -0.3 is 0 Å². The molecule has 0 radical (unpaired) electrons. The van der Waals surface area contributed by atoms with E-state index >= 15 is 0 Å². The van der Waals surface area contributed by atoms with Crippen molar-refractivity contribution in [2.75, 3.05) is 0 Å². The molecule has 0 atom stereocenters. The van der Waals surface area contributed by atoms with Gasteiger partial charge in [0.05, 0.1) is 6.20 Å². The van der Waals surface area contributed by atoms with Gasteiger partial charge in [0.25, 0.3) is 15.9 Å². The number of hydrogen-bond acceptors (Lipinski definition) is 6. The summed E-state index contributed by atoms with van der Waals surface area (Å²) in [4.78, 5) is 10.6. The number of hydrogen-bond donors (Lipinski definition) is 1. The molecule has 130 valence electrons. The first-order valence-corrected chi connectivity index (χ1v) is 8.00. The van der Waals surface area contributed by atoms with E-state index in [0.717, 1.165) is 23.0 Å². The molecule has 3 heterocycles. The van der Waals surface area contributed by atoms with E-state index in [-0.39, 0.29) is 17.3 Å². The number of rotatable bonds is 3. The largest absolute Gasteiger partial charge is 0.453 e. The Hall–Kier alpha value is -2.86. The second kappa shape index (κ2) is 5.89. The highest BCUT2D eigenvalue weighted by Crippen LogP contribution is 2.29. The molecule has 0 saturated heterocycles. The Labute approximate surface area is 138 Å². The summed E-state index contributed by atoms with van der Waals surface area (Å²) in [5.74, 6) is -1.75. The molecule has 0 aliphatic rings. The third-order valence-electron chi connectivity index (χ3n) is 2.99. The van der Waals surface area contributed by atoms with Gasteiger partial charge in [-0.05, 0) is 24.3 Å². The van der Waals surface area contributed by atoms with Crippen LogP contribution in [0.4, 0.5) is 13.2 Å². The lowest BCUT2D eigenvalue weighted by molar-refractivity contribution is -0.144. The third kappa shape index (κ3) is 3.49. The van der Waals surface area contributed by atoms with Crippen molar-refractivity contribution in [2.45, 2.75) is 11.1 Å². The van der Waals surface area contributed by atoms with E-state index in [9.17, 15) is 21.6 Å².